The Morgan fingerprint density at radius 2 is 1.89 bits per heavy atom. The van der Waals surface area contributed by atoms with Crippen molar-refractivity contribution in [2.45, 2.75) is 38.5 Å². The van der Waals surface area contributed by atoms with E-state index in [4.69, 9.17) is 11.6 Å². The van der Waals surface area contributed by atoms with Crippen molar-refractivity contribution < 1.29 is 19.2 Å². The first-order valence-corrected chi connectivity index (χ1v) is 11.4. The van der Waals surface area contributed by atoms with E-state index in [1.54, 1.807) is 35.4 Å². The molecule has 3 aromatic rings. The number of halogens is 1. The highest BCUT2D eigenvalue weighted by atomic mass is 35.5. The Morgan fingerprint density at radius 1 is 1.06 bits per heavy atom. The van der Waals surface area contributed by atoms with Gasteiger partial charge in [0.2, 0.25) is 11.8 Å². The fraction of sp³-hybridized carbons (Fsp3) is 0.261. The number of benzene rings is 1. The molecule has 1 unspecified atom stereocenters. The van der Waals surface area contributed by atoms with E-state index in [1.807, 2.05) is 0 Å². The van der Waals surface area contributed by atoms with Crippen LogP contribution < -0.4 is 5.32 Å². The minimum atomic E-state index is -0.679. The molecule has 0 spiro atoms. The van der Waals surface area contributed by atoms with Gasteiger partial charge in [0.05, 0.1) is 11.9 Å². The molecule has 176 valence electrons. The number of amides is 4. The maximum absolute atomic E-state index is 13.1. The molecule has 2 aromatic heterocycles. The standard InChI is InChI=1S/C23H18ClN7O4/c24-19-5-13-8-29(9-14(13)7-25-19)23(35)17-11-31(28-27-17)15-2-1-12-10-30(22(34)16(12)6-15)18-3-4-20(32)26-21(18)33/h1-2,5-7,11,18H,3-4,8-10H2,(H,26,32,33). The van der Waals surface area contributed by atoms with Crippen LogP contribution in [0.1, 0.15) is 50.4 Å². The van der Waals surface area contributed by atoms with Gasteiger partial charge < -0.3 is 9.80 Å². The van der Waals surface area contributed by atoms with Gasteiger partial charge in [-0.2, -0.15) is 0 Å². The quantitative estimate of drug-likeness (QED) is 0.430. The van der Waals surface area contributed by atoms with Crippen LogP contribution in [0.2, 0.25) is 5.15 Å². The molecule has 35 heavy (non-hydrogen) atoms. The molecule has 3 aliphatic heterocycles. The zero-order valence-electron chi connectivity index (χ0n) is 18.3. The number of nitrogens with zero attached hydrogens (tertiary/aromatic N) is 6. The first-order valence-electron chi connectivity index (χ1n) is 11.0. The summed E-state index contributed by atoms with van der Waals surface area (Å²) >= 11 is 5.95. The van der Waals surface area contributed by atoms with Crippen molar-refractivity contribution in [2.24, 2.45) is 0 Å². The number of pyridine rings is 1. The second-order valence-electron chi connectivity index (χ2n) is 8.73. The van der Waals surface area contributed by atoms with Crippen LogP contribution in [0.4, 0.5) is 0 Å². The zero-order chi connectivity index (χ0) is 24.3. The van der Waals surface area contributed by atoms with E-state index in [9.17, 15) is 19.2 Å². The first-order chi connectivity index (χ1) is 16.9. The summed E-state index contributed by atoms with van der Waals surface area (Å²) in [4.78, 5) is 56.9. The predicted octanol–water partition coefficient (Wildman–Crippen LogP) is 1.23. The maximum atomic E-state index is 13.1. The topological polar surface area (TPSA) is 130 Å². The maximum Gasteiger partial charge on any atom is 0.276 e. The van der Waals surface area contributed by atoms with E-state index in [1.165, 1.54) is 15.8 Å². The molecule has 3 aliphatic rings. The lowest BCUT2D eigenvalue weighted by Crippen LogP contribution is -2.52. The van der Waals surface area contributed by atoms with Crippen LogP contribution in [0.3, 0.4) is 0 Å². The van der Waals surface area contributed by atoms with Gasteiger partial charge in [0, 0.05) is 37.8 Å². The average Bonchev–Trinajstić information content (AvgIpc) is 3.56. The third kappa shape index (κ3) is 3.64. The van der Waals surface area contributed by atoms with Gasteiger partial charge in [0.15, 0.2) is 5.69 Å². The van der Waals surface area contributed by atoms with Crippen molar-refractivity contribution in [3.8, 4) is 5.69 Å². The summed E-state index contributed by atoms with van der Waals surface area (Å²) in [7, 11) is 0. The lowest BCUT2D eigenvalue weighted by molar-refractivity contribution is -0.136. The number of aromatic nitrogens is 4. The average molecular weight is 492 g/mol. The highest BCUT2D eigenvalue weighted by molar-refractivity contribution is 6.29. The van der Waals surface area contributed by atoms with E-state index in [-0.39, 0.29) is 36.4 Å². The number of rotatable bonds is 3. The summed E-state index contributed by atoms with van der Waals surface area (Å²) in [5.74, 6) is -1.34. The highest BCUT2D eigenvalue weighted by Gasteiger charge is 2.39. The summed E-state index contributed by atoms with van der Waals surface area (Å²) in [6, 6.07) is 6.32. The fourth-order valence-electron chi connectivity index (χ4n) is 4.73. The van der Waals surface area contributed by atoms with Crippen molar-refractivity contribution in [1.29, 1.82) is 0 Å². The number of carbonyl (C=O) groups is 4. The Balaban J connectivity index is 1.20. The molecule has 1 aromatic carbocycles. The summed E-state index contributed by atoms with van der Waals surface area (Å²) in [6.07, 6.45) is 3.69. The zero-order valence-corrected chi connectivity index (χ0v) is 19.0. The van der Waals surface area contributed by atoms with Crippen molar-refractivity contribution in [1.82, 2.24) is 35.1 Å². The number of carbonyl (C=O) groups excluding carboxylic acids is 4. The molecular formula is C23H18ClN7O4. The van der Waals surface area contributed by atoms with E-state index in [0.29, 0.717) is 35.9 Å². The van der Waals surface area contributed by atoms with E-state index in [0.717, 1.165) is 16.7 Å². The molecule has 6 rings (SSSR count). The minimum Gasteiger partial charge on any atom is -0.328 e. The molecule has 0 aliphatic carbocycles. The summed E-state index contributed by atoms with van der Waals surface area (Å²) in [6.45, 7) is 1.11. The van der Waals surface area contributed by atoms with Crippen LogP contribution in [-0.2, 0) is 29.2 Å². The smallest absolute Gasteiger partial charge is 0.276 e. The lowest BCUT2D eigenvalue weighted by Gasteiger charge is -2.29. The SMILES string of the molecule is O=C1CCC(N2Cc3ccc(-n4cc(C(=O)N5Cc6cnc(Cl)cc6C5)nn4)cc3C2=O)C(=O)N1. The van der Waals surface area contributed by atoms with Crippen LogP contribution in [0.5, 0.6) is 0 Å². The monoisotopic (exact) mass is 491 g/mol. The van der Waals surface area contributed by atoms with Crippen LogP contribution in [0.25, 0.3) is 5.69 Å². The Morgan fingerprint density at radius 3 is 2.71 bits per heavy atom. The van der Waals surface area contributed by atoms with Crippen molar-refractivity contribution in [3.05, 3.63) is 69.8 Å². The second-order valence-corrected chi connectivity index (χ2v) is 9.11. The van der Waals surface area contributed by atoms with Gasteiger partial charge in [-0.25, -0.2) is 9.67 Å². The van der Waals surface area contributed by atoms with E-state index in [2.05, 4.69) is 20.6 Å². The Bertz CT molecular complexity index is 1430. The molecule has 5 heterocycles. The molecule has 11 nitrogen and oxygen atoms in total. The third-order valence-electron chi connectivity index (χ3n) is 6.55. The molecule has 1 atom stereocenters. The van der Waals surface area contributed by atoms with Crippen LogP contribution in [0, 0.1) is 0 Å². The normalized spacial score (nSPS) is 19.1. The highest BCUT2D eigenvalue weighted by Crippen LogP contribution is 2.29. The lowest BCUT2D eigenvalue weighted by atomic mass is 10.0. The molecule has 1 fully saturated rings. The number of fused-ring (bicyclic) bond motifs is 2. The van der Waals surface area contributed by atoms with Crippen LogP contribution in [-0.4, -0.2) is 59.4 Å². The number of hydrogen-bond donors (Lipinski definition) is 1. The summed E-state index contributed by atoms with van der Waals surface area (Å²) in [5.41, 5.74) is 3.86. The number of piperidine rings is 1. The molecular weight excluding hydrogens is 474 g/mol. The minimum absolute atomic E-state index is 0.175. The van der Waals surface area contributed by atoms with Gasteiger partial charge in [0.25, 0.3) is 11.8 Å². The number of nitrogens with one attached hydrogen (secondary N) is 1. The van der Waals surface area contributed by atoms with E-state index >= 15 is 0 Å². The van der Waals surface area contributed by atoms with Gasteiger partial charge in [-0.05, 0) is 41.3 Å². The van der Waals surface area contributed by atoms with Gasteiger partial charge in [-0.1, -0.05) is 22.9 Å². The third-order valence-corrected chi connectivity index (χ3v) is 6.75. The van der Waals surface area contributed by atoms with Gasteiger partial charge in [-0.3, -0.25) is 24.5 Å². The summed E-state index contributed by atoms with van der Waals surface area (Å²) in [5, 5.41) is 10.8. The number of hydrogen-bond acceptors (Lipinski definition) is 7. The molecule has 0 saturated carbocycles. The van der Waals surface area contributed by atoms with E-state index < -0.39 is 11.9 Å². The predicted molar refractivity (Wildman–Crippen MR) is 120 cm³/mol. The Hall–Kier alpha value is -4.12. The summed E-state index contributed by atoms with van der Waals surface area (Å²) < 4.78 is 1.44. The molecule has 12 heteroatoms. The largest absolute Gasteiger partial charge is 0.328 e. The second kappa shape index (κ2) is 7.98. The molecule has 0 radical (unpaired) electrons. The Labute approximate surface area is 203 Å². The van der Waals surface area contributed by atoms with Gasteiger partial charge >= 0.3 is 0 Å². The van der Waals surface area contributed by atoms with Crippen LogP contribution >= 0.6 is 11.6 Å². The Kier molecular flexibility index (Phi) is 4.88. The number of imide groups is 1. The van der Waals surface area contributed by atoms with Crippen molar-refractivity contribution in [2.75, 3.05) is 0 Å². The fourth-order valence-corrected chi connectivity index (χ4v) is 4.91. The van der Waals surface area contributed by atoms with Crippen molar-refractivity contribution in [3.63, 3.8) is 0 Å². The van der Waals surface area contributed by atoms with Crippen LogP contribution in [0.15, 0.2) is 36.7 Å². The molecule has 1 N–H and O–H groups in total. The van der Waals surface area contributed by atoms with Gasteiger partial charge in [0.1, 0.15) is 11.2 Å². The molecule has 0 bridgehead atoms. The van der Waals surface area contributed by atoms with Crippen molar-refractivity contribution >= 4 is 35.2 Å². The first kappa shape index (κ1) is 21.4. The molecule has 4 amide bonds. The van der Waals surface area contributed by atoms with Gasteiger partial charge in [-0.15, -0.1) is 5.10 Å². The molecule has 1 saturated heterocycles.